The first-order valence-electron chi connectivity index (χ1n) is 6.78. The average molecular weight is 367 g/mol. The minimum Gasteiger partial charge on any atom is -0.341 e. The van der Waals surface area contributed by atoms with Gasteiger partial charge < -0.3 is 4.90 Å². The highest BCUT2D eigenvalue weighted by Crippen LogP contribution is 2.17. The zero-order valence-corrected chi connectivity index (χ0v) is 14.2. The third-order valence-electron chi connectivity index (χ3n) is 3.32. The zero-order chi connectivity index (χ0) is 15.2. The van der Waals surface area contributed by atoms with Crippen LogP contribution in [0.15, 0.2) is 53.0 Å². The molecule has 4 heteroatoms. The van der Waals surface area contributed by atoms with E-state index in [1.807, 2.05) is 55.6 Å². The molecule has 0 saturated carbocycles. The Kier molecular flexibility index (Phi) is 5.83. The maximum atomic E-state index is 12.2. The van der Waals surface area contributed by atoms with Crippen molar-refractivity contribution in [1.29, 1.82) is 0 Å². The van der Waals surface area contributed by atoms with Gasteiger partial charge >= 0.3 is 0 Å². The van der Waals surface area contributed by atoms with E-state index in [1.165, 1.54) is 0 Å². The third kappa shape index (κ3) is 4.87. The van der Waals surface area contributed by atoms with Gasteiger partial charge in [0.25, 0.3) is 0 Å². The van der Waals surface area contributed by atoms with E-state index in [0.29, 0.717) is 19.4 Å². The molecule has 0 aliphatic carbocycles. The van der Waals surface area contributed by atoms with Crippen LogP contribution < -0.4 is 0 Å². The smallest absolute Gasteiger partial charge is 0.222 e. The predicted molar refractivity (Wildman–Crippen MR) is 90.4 cm³/mol. The summed E-state index contributed by atoms with van der Waals surface area (Å²) < 4.78 is 1.04. The van der Waals surface area contributed by atoms with Gasteiger partial charge in [-0.15, -0.1) is 0 Å². The van der Waals surface area contributed by atoms with Gasteiger partial charge in [-0.05, 0) is 35.7 Å². The van der Waals surface area contributed by atoms with Crippen LogP contribution in [0.25, 0.3) is 0 Å². The second-order valence-electron chi connectivity index (χ2n) is 4.97. The van der Waals surface area contributed by atoms with Crippen LogP contribution in [0.2, 0.25) is 5.02 Å². The highest BCUT2D eigenvalue weighted by molar-refractivity contribution is 9.10. The molecule has 0 bridgehead atoms. The van der Waals surface area contributed by atoms with Crippen LogP contribution in [-0.4, -0.2) is 17.9 Å². The van der Waals surface area contributed by atoms with Crippen molar-refractivity contribution in [2.75, 3.05) is 7.05 Å². The highest BCUT2D eigenvalue weighted by atomic mass is 79.9. The van der Waals surface area contributed by atoms with Crippen molar-refractivity contribution in [3.05, 3.63) is 69.2 Å². The number of hydrogen-bond donors (Lipinski definition) is 0. The maximum Gasteiger partial charge on any atom is 0.222 e. The lowest BCUT2D eigenvalue weighted by molar-refractivity contribution is -0.130. The van der Waals surface area contributed by atoms with Crippen molar-refractivity contribution in [2.24, 2.45) is 0 Å². The molecule has 110 valence electrons. The van der Waals surface area contributed by atoms with Crippen LogP contribution in [0.4, 0.5) is 0 Å². The van der Waals surface area contributed by atoms with Gasteiger partial charge in [-0.3, -0.25) is 4.79 Å². The van der Waals surface area contributed by atoms with E-state index >= 15 is 0 Å². The zero-order valence-electron chi connectivity index (χ0n) is 11.9. The van der Waals surface area contributed by atoms with Crippen LogP contribution in [0.3, 0.4) is 0 Å². The Balaban J connectivity index is 1.88. The van der Waals surface area contributed by atoms with Crippen molar-refractivity contribution in [3.8, 4) is 0 Å². The predicted octanol–water partition coefficient (Wildman–Crippen LogP) is 4.69. The molecule has 0 heterocycles. The fourth-order valence-electron chi connectivity index (χ4n) is 2.09. The molecule has 0 N–H and O–H groups in total. The van der Waals surface area contributed by atoms with E-state index in [4.69, 9.17) is 11.6 Å². The summed E-state index contributed by atoms with van der Waals surface area (Å²) >= 11 is 9.51. The normalized spacial score (nSPS) is 10.4. The first-order valence-corrected chi connectivity index (χ1v) is 7.95. The van der Waals surface area contributed by atoms with Gasteiger partial charge in [-0.25, -0.2) is 0 Å². The SMILES string of the molecule is CN(Cc1ccc(Br)cc1)C(=O)CCc1ccccc1Cl. The molecular formula is C17H17BrClNO. The van der Waals surface area contributed by atoms with Crippen LogP contribution >= 0.6 is 27.5 Å². The Morgan fingerprint density at radius 1 is 1.14 bits per heavy atom. The summed E-state index contributed by atoms with van der Waals surface area (Å²) in [6.07, 6.45) is 1.14. The number of hydrogen-bond acceptors (Lipinski definition) is 1. The summed E-state index contributed by atoms with van der Waals surface area (Å²) in [6, 6.07) is 15.7. The van der Waals surface area contributed by atoms with Gasteiger partial charge in [0, 0.05) is 29.5 Å². The summed E-state index contributed by atoms with van der Waals surface area (Å²) in [5.41, 5.74) is 2.14. The second kappa shape index (κ2) is 7.62. The fraction of sp³-hybridized carbons (Fsp3) is 0.235. The topological polar surface area (TPSA) is 20.3 Å². The van der Waals surface area contributed by atoms with Gasteiger partial charge in [0.05, 0.1) is 0 Å². The van der Waals surface area contributed by atoms with Gasteiger partial charge in [-0.1, -0.05) is 57.9 Å². The van der Waals surface area contributed by atoms with E-state index < -0.39 is 0 Å². The van der Waals surface area contributed by atoms with Crippen LogP contribution in [0.1, 0.15) is 17.5 Å². The van der Waals surface area contributed by atoms with Gasteiger partial charge in [0.15, 0.2) is 0 Å². The van der Waals surface area contributed by atoms with Gasteiger partial charge in [0.2, 0.25) is 5.91 Å². The van der Waals surface area contributed by atoms with Gasteiger partial charge in [0.1, 0.15) is 0 Å². The third-order valence-corrected chi connectivity index (χ3v) is 4.22. The van der Waals surface area contributed by atoms with Crippen molar-refractivity contribution >= 4 is 33.4 Å². The molecule has 21 heavy (non-hydrogen) atoms. The molecular weight excluding hydrogens is 350 g/mol. The largest absolute Gasteiger partial charge is 0.341 e. The first kappa shape index (κ1) is 16.1. The van der Waals surface area contributed by atoms with Crippen LogP contribution in [0, 0.1) is 0 Å². The van der Waals surface area contributed by atoms with E-state index in [-0.39, 0.29) is 5.91 Å². The molecule has 0 aliphatic rings. The van der Waals surface area contributed by atoms with Crippen molar-refractivity contribution in [3.63, 3.8) is 0 Å². The minimum atomic E-state index is 0.123. The van der Waals surface area contributed by atoms with Crippen molar-refractivity contribution < 1.29 is 4.79 Å². The summed E-state index contributed by atoms with van der Waals surface area (Å²) in [4.78, 5) is 13.9. The van der Waals surface area contributed by atoms with E-state index in [2.05, 4.69) is 15.9 Å². The number of carbonyl (C=O) groups excluding carboxylic acids is 1. The number of nitrogens with zero attached hydrogens (tertiary/aromatic N) is 1. The Hall–Kier alpha value is -1.32. The lowest BCUT2D eigenvalue weighted by Gasteiger charge is -2.17. The molecule has 2 aromatic carbocycles. The monoisotopic (exact) mass is 365 g/mol. The number of aryl methyl sites for hydroxylation is 1. The summed E-state index contributed by atoms with van der Waals surface area (Å²) in [5.74, 6) is 0.123. The van der Waals surface area contributed by atoms with Crippen molar-refractivity contribution in [2.45, 2.75) is 19.4 Å². The molecule has 0 atom stereocenters. The van der Waals surface area contributed by atoms with Crippen LogP contribution in [-0.2, 0) is 17.8 Å². The summed E-state index contributed by atoms with van der Waals surface area (Å²) in [6.45, 7) is 0.620. The summed E-state index contributed by atoms with van der Waals surface area (Å²) in [7, 11) is 1.83. The molecule has 0 unspecified atom stereocenters. The van der Waals surface area contributed by atoms with Gasteiger partial charge in [-0.2, -0.15) is 0 Å². The molecule has 2 rings (SSSR count). The Labute approximate surface area is 138 Å². The molecule has 0 radical (unpaired) electrons. The van der Waals surface area contributed by atoms with Crippen LogP contribution in [0.5, 0.6) is 0 Å². The lowest BCUT2D eigenvalue weighted by Crippen LogP contribution is -2.26. The molecule has 0 fully saturated rings. The Morgan fingerprint density at radius 2 is 1.81 bits per heavy atom. The first-order chi connectivity index (χ1) is 10.1. The molecule has 0 spiro atoms. The fourth-order valence-corrected chi connectivity index (χ4v) is 2.58. The average Bonchev–Trinajstić information content (AvgIpc) is 2.48. The molecule has 2 nitrogen and oxygen atoms in total. The van der Waals surface area contributed by atoms with E-state index in [1.54, 1.807) is 4.90 Å². The quantitative estimate of drug-likeness (QED) is 0.751. The number of halogens is 2. The molecule has 0 saturated heterocycles. The molecule has 0 aromatic heterocycles. The van der Waals surface area contributed by atoms with E-state index in [9.17, 15) is 4.79 Å². The Bertz CT molecular complexity index is 612. The minimum absolute atomic E-state index is 0.123. The number of benzene rings is 2. The summed E-state index contributed by atoms with van der Waals surface area (Å²) in [5, 5.41) is 0.723. The second-order valence-corrected chi connectivity index (χ2v) is 6.29. The lowest BCUT2D eigenvalue weighted by atomic mass is 10.1. The molecule has 0 aliphatic heterocycles. The number of amides is 1. The number of carbonyl (C=O) groups is 1. The van der Waals surface area contributed by atoms with Crippen molar-refractivity contribution in [1.82, 2.24) is 4.90 Å². The number of rotatable bonds is 5. The Morgan fingerprint density at radius 3 is 2.48 bits per heavy atom. The molecule has 2 aromatic rings. The molecule has 1 amide bonds. The van der Waals surface area contributed by atoms with E-state index in [0.717, 1.165) is 20.6 Å². The maximum absolute atomic E-state index is 12.2. The standard InChI is InChI=1S/C17H17BrClNO/c1-20(12-13-6-9-15(18)10-7-13)17(21)11-8-14-4-2-3-5-16(14)19/h2-7,9-10H,8,11-12H2,1H3. The highest BCUT2D eigenvalue weighted by Gasteiger charge is 2.10.